The Morgan fingerprint density at radius 3 is 2.85 bits per heavy atom. The normalized spacial score (nSPS) is 9.38. The quantitative estimate of drug-likeness (QED) is 0.801. The highest BCUT2D eigenvalue weighted by atomic mass is 79.9. The summed E-state index contributed by atoms with van der Waals surface area (Å²) in [6.45, 7) is 0. The highest BCUT2D eigenvalue weighted by Crippen LogP contribution is 2.27. The zero-order valence-electron chi connectivity index (χ0n) is 6.97. The van der Waals surface area contributed by atoms with Gasteiger partial charge in [0.25, 0.3) is 0 Å². The van der Waals surface area contributed by atoms with Crippen LogP contribution in [0.2, 0.25) is 0 Å². The second kappa shape index (κ2) is 4.24. The molecule has 0 saturated heterocycles. The van der Waals surface area contributed by atoms with Crippen LogP contribution >= 0.6 is 15.9 Å². The maximum Gasteiger partial charge on any atom is 0.170 e. The zero-order valence-corrected chi connectivity index (χ0v) is 8.56. The first kappa shape index (κ1) is 10.0. The zero-order chi connectivity index (χ0) is 9.84. The molecular formula is C9H7BrFNO. The van der Waals surface area contributed by atoms with E-state index in [2.05, 4.69) is 15.9 Å². The van der Waals surface area contributed by atoms with E-state index in [1.165, 1.54) is 13.2 Å². The number of nitriles is 1. The van der Waals surface area contributed by atoms with Gasteiger partial charge in [-0.2, -0.15) is 5.26 Å². The van der Waals surface area contributed by atoms with E-state index in [4.69, 9.17) is 10.00 Å². The average Bonchev–Trinajstić information content (AvgIpc) is 2.12. The van der Waals surface area contributed by atoms with E-state index in [9.17, 15) is 4.39 Å². The van der Waals surface area contributed by atoms with Crippen LogP contribution in [0.5, 0.6) is 5.75 Å². The van der Waals surface area contributed by atoms with Crippen LogP contribution in [-0.4, -0.2) is 7.11 Å². The van der Waals surface area contributed by atoms with Gasteiger partial charge in [-0.1, -0.05) is 15.9 Å². The topological polar surface area (TPSA) is 33.0 Å². The lowest BCUT2D eigenvalue weighted by molar-refractivity contribution is 0.384. The lowest BCUT2D eigenvalue weighted by Gasteiger charge is -2.06. The second-order valence-corrected chi connectivity index (χ2v) is 3.23. The van der Waals surface area contributed by atoms with Gasteiger partial charge in [-0.25, -0.2) is 4.39 Å². The monoisotopic (exact) mass is 243 g/mol. The van der Waals surface area contributed by atoms with Crippen LogP contribution in [0.25, 0.3) is 0 Å². The van der Waals surface area contributed by atoms with Crippen LogP contribution in [-0.2, 0) is 6.42 Å². The van der Waals surface area contributed by atoms with Crippen molar-refractivity contribution in [3.63, 3.8) is 0 Å². The number of hydrogen-bond donors (Lipinski definition) is 0. The van der Waals surface area contributed by atoms with Crippen molar-refractivity contribution in [2.75, 3.05) is 7.11 Å². The van der Waals surface area contributed by atoms with Crippen molar-refractivity contribution in [3.8, 4) is 11.8 Å². The Kier molecular flexibility index (Phi) is 3.26. The molecule has 0 fully saturated rings. The number of nitrogens with zero attached hydrogens (tertiary/aromatic N) is 1. The minimum atomic E-state index is -0.474. The third-order valence-electron chi connectivity index (χ3n) is 1.63. The van der Waals surface area contributed by atoms with Gasteiger partial charge in [0.05, 0.1) is 19.6 Å². The van der Waals surface area contributed by atoms with Crippen molar-refractivity contribution in [1.29, 1.82) is 5.26 Å². The molecule has 1 aromatic carbocycles. The fourth-order valence-electron chi connectivity index (χ4n) is 0.975. The molecule has 4 heteroatoms. The fourth-order valence-corrected chi connectivity index (χ4v) is 1.42. The van der Waals surface area contributed by atoms with Gasteiger partial charge in [0.15, 0.2) is 11.6 Å². The first-order valence-electron chi connectivity index (χ1n) is 3.58. The molecule has 0 radical (unpaired) electrons. The molecule has 13 heavy (non-hydrogen) atoms. The summed E-state index contributed by atoms with van der Waals surface area (Å²) in [6, 6.07) is 5.07. The van der Waals surface area contributed by atoms with Gasteiger partial charge in [0, 0.05) is 10.0 Å². The molecular weight excluding hydrogens is 237 g/mol. The Balaban J connectivity index is 3.23. The van der Waals surface area contributed by atoms with E-state index in [0.717, 1.165) is 0 Å². The minimum absolute atomic E-state index is 0.0314. The highest BCUT2D eigenvalue weighted by molar-refractivity contribution is 9.10. The molecule has 0 saturated carbocycles. The molecule has 0 aliphatic rings. The Morgan fingerprint density at radius 2 is 2.31 bits per heavy atom. The van der Waals surface area contributed by atoms with E-state index in [1.807, 2.05) is 6.07 Å². The SMILES string of the molecule is COc1ccc(Br)c(CC#N)c1F. The number of methoxy groups -OCH3 is 1. The molecule has 68 valence electrons. The molecule has 1 rings (SSSR count). The first-order valence-corrected chi connectivity index (χ1v) is 4.37. The Bertz CT molecular complexity index is 359. The largest absolute Gasteiger partial charge is 0.494 e. The van der Waals surface area contributed by atoms with Crippen LogP contribution in [0, 0.1) is 17.1 Å². The van der Waals surface area contributed by atoms with Crippen molar-refractivity contribution in [2.45, 2.75) is 6.42 Å². The van der Waals surface area contributed by atoms with Crippen molar-refractivity contribution in [2.24, 2.45) is 0 Å². The van der Waals surface area contributed by atoms with Crippen LogP contribution in [0.3, 0.4) is 0 Å². The second-order valence-electron chi connectivity index (χ2n) is 2.38. The van der Waals surface area contributed by atoms with Gasteiger partial charge in [-0.15, -0.1) is 0 Å². The maximum absolute atomic E-state index is 13.4. The fraction of sp³-hybridized carbons (Fsp3) is 0.222. The predicted molar refractivity (Wildman–Crippen MR) is 50.0 cm³/mol. The molecule has 0 aliphatic heterocycles. The van der Waals surface area contributed by atoms with Gasteiger partial charge in [-0.3, -0.25) is 0 Å². The molecule has 2 nitrogen and oxygen atoms in total. The van der Waals surface area contributed by atoms with Gasteiger partial charge in [0.2, 0.25) is 0 Å². The smallest absolute Gasteiger partial charge is 0.170 e. The lowest BCUT2D eigenvalue weighted by atomic mass is 10.1. The van der Waals surface area contributed by atoms with Crippen LogP contribution in [0.4, 0.5) is 4.39 Å². The van der Waals surface area contributed by atoms with Gasteiger partial charge in [0.1, 0.15) is 0 Å². The molecule has 0 heterocycles. The predicted octanol–water partition coefficient (Wildman–Crippen LogP) is 2.66. The van der Waals surface area contributed by atoms with Crippen LogP contribution < -0.4 is 4.74 Å². The van der Waals surface area contributed by atoms with Crippen molar-refractivity contribution >= 4 is 15.9 Å². The van der Waals surface area contributed by atoms with Crippen molar-refractivity contribution in [1.82, 2.24) is 0 Å². The van der Waals surface area contributed by atoms with E-state index >= 15 is 0 Å². The summed E-state index contributed by atoms with van der Waals surface area (Å²) in [5, 5.41) is 8.45. The standard InChI is InChI=1S/C9H7BrFNO/c1-13-8-3-2-7(10)6(4-5-12)9(8)11/h2-3H,4H2,1H3. The molecule has 1 aromatic rings. The summed E-state index contributed by atoms with van der Waals surface area (Å²) in [6.07, 6.45) is 0.0314. The third-order valence-corrected chi connectivity index (χ3v) is 2.37. The maximum atomic E-state index is 13.4. The molecule has 0 aromatic heterocycles. The third kappa shape index (κ3) is 1.99. The Labute approximate surface area is 84.1 Å². The molecule has 0 amide bonds. The van der Waals surface area contributed by atoms with Crippen LogP contribution in [0.15, 0.2) is 16.6 Å². The number of halogens is 2. The Hall–Kier alpha value is -1.08. The van der Waals surface area contributed by atoms with E-state index < -0.39 is 5.82 Å². The highest BCUT2D eigenvalue weighted by Gasteiger charge is 2.11. The summed E-state index contributed by atoms with van der Waals surface area (Å²) in [5.41, 5.74) is 0.335. The lowest BCUT2D eigenvalue weighted by Crippen LogP contribution is -1.95. The molecule has 0 unspecified atom stereocenters. The van der Waals surface area contributed by atoms with Gasteiger partial charge in [-0.05, 0) is 12.1 Å². The first-order chi connectivity index (χ1) is 6.20. The summed E-state index contributed by atoms with van der Waals surface area (Å²) >= 11 is 3.16. The number of ether oxygens (including phenoxy) is 1. The van der Waals surface area contributed by atoms with Gasteiger partial charge < -0.3 is 4.74 Å². The molecule has 0 bridgehead atoms. The van der Waals surface area contributed by atoms with E-state index in [0.29, 0.717) is 10.0 Å². The van der Waals surface area contributed by atoms with Gasteiger partial charge >= 0.3 is 0 Å². The molecule has 0 spiro atoms. The minimum Gasteiger partial charge on any atom is -0.494 e. The van der Waals surface area contributed by atoms with E-state index in [1.54, 1.807) is 6.07 Å². The van der Waals surface area contributed by atoms with E-state index in [-0.39, 0.29) is 12.2 Å². The van der Waals surface area contributed by atoms with Crippen LogP contribution in [0.1, 0.15) is 5.56 Å². The average molecular weight is 244 g/mol. The number of rotatable bonds is 2. The molecule has 0 atom stereocenters. The van der Waals surface area contributed by atoms with Crippen molar-refractivity contribution in [3.05, 3.63) is 28.0 Å². The summed E-state index contributed by atoms with van der Waals surface area (Å²) in [4.78, 5) is 0. The molecule has 0 aliphatic carbocycles. The molecule has 0 N–H and O–H groups in total. The number of benzene rings is 1. The summed E-state index contributed by atoms with van der Waals surface area (Å²) in [5.74, 6) is -0.313. The van der Waals surface area contributed by atoms with Crippen molar-refractivity contribution < 1.29 is 9.13 Å². The number of hydrogen-bond acceptors (Lipinski definition) is 2. The summed E-state index contributed by atoms with van der Waals surface area (Å²) < 4.78 is 18.8. The summed E-state index contributed by atoms with van der Waals surface area (Å²) in [7, 11) is 1.39. The Morgan fingerprint density at radius 1 is 1.62 bits per heavy atom.